The van der Waals surface area contributed by atoms with E-state index < -0.39 is 11.3 Å². The zero-order chi connectivity index (χ0) is 19.8. The van der Waals surface area contributed by atoms with Gasteiger partial charge >= 0.3 is 0 Å². The second-order valence-electron chi connectivity index (χ2n) is 8.59. The van der Waals surface area contributed by atoms with Crippen molar-refractivity contribution in [2.75, 3.05) is 6.54 Å². The van der Waals surface area contributed by atoms with Gasteiger partial charge in [0, 0.05) is 22.0 Å². The molecule has 0 spiro atoms. The van der Waals surface area contributed by atoms with E-state index >= 15 is 0 Å². The van der Waals surface area contributed by atoms with Crippen LogP contribution >= 0.6 is 11.3 Å². The summed E-state index contributed by atoms with van der Waals surface area (Å²) in [7, 11) is 0. The van der Waals surface area contributed by atoms with Crippen molar-refractivity contribution < 1.29 is 14.0 Å². The molecule has 3 nitrogen and oxygen atoms in total. The molecule has 1 aromatic carbocycles. The van der Waals surface area contributed by atoms with Crippen LogP contribution in [-0.2, 0) is 4.79 Å². The second kappa shape index (κ2) is 7.70. The number of carbonyl (C=O) groups excluding carboxylic acids is 2. The maximum Gasteiger partial charge on any atom is 0.227 e. The Hall–Kier alpha value is -1.75. The lowest BCUT2D eigenvalue weighted by molar-refractivity contribution is -0.122. The summed E-state index contributed by atoms with van der Waals surface area (Å²) < 4.78 is 14.9. The van der Waals surface area contributed by atoms with Gasteiger partial charge in [-0.05, 0) is 42.5 Å². The number of halogens is 1. The molecule has 0 aliphatic heterocycles. The van der Waals surface area contributed by atoms with Gasteiger partial charge in [-0.3, -0.25) is 9.59 Å². The van der Waals surface area contributed by atoms with Gasteiger partial charge in [-0.1, -0.05) is 40.5 Å². The Morgan fingerprint density at radius 3 is 2.59 bits per heavy atom. The Bertz CT molecular complexity index is 861. The number of ketones is 1. The Labute approximate surface area is 164 Å². The summed E-state index contributed by atoms with van der Waals surface area (Å²) in [6, 6.07) is 4.62. The Morgan fingerprint density at radius 2 is 2.00 bits per heavy atom. The summed E-state index contributed by atoms with van der Waals surface area (Å²) in [5.41, 5.74) is 0.174. The number of thiophene rings is 1. The number of rotatable bonds is 7. The number of carbonyl (C=O) groups is 2. The van der Waals surface area contributed by atoms with E-state index in [0.717, 1.165) is 35.9 Å². The first-order chi connectivity index (χ1) is 12.7. The molecule has 1 N–H and O–H groups in total. The first kappa shape index (κ1) is 20.0. The molecule has 2 aromatic rings. The van der Waals surface area contributed by atoms with E-state index in [0.29, 0.717) is 22.7 Å². The van der Waals surface area contributed by atoms with Crippen molar-refractivity contribution in [3.05, 3.63) is 34.5 Å². The second-order valence-corrected chi connectivity index (χ2v) is 9.64. The van der Waals surface area contributed by atoms with Crippen LogP contribution in [0.15, 0.2) is 18.2 Å². The van der Waals surface area contributed by atoms with Gasteiger partial charge in [0.25, 0.3) is 0 Å². The quantitative estimate of drug-likeness (QED) is 0.619. The van der Waals surface area contributed by atoms with Crippen molar-refractivity contribution >= 4 is 33.1 Å². The van der Waals surface area contributed by atoms with Gasteiger partial charge in [-0.25, -0.2) is 4.39 Å². The highest BCUT2D eigenvalue weighted by Crippen LogP contribution is 2.45. The number of nitrogens with one attached hydrogen (secondary N) is 1. The number of benzene rings is 1. The minimum atomic E-state index is -0.557. The maximum absolute atomic E-state index is 14.0. The van der Waals surface area contributed by atoms with E-state index in [2.05, 4.69) is 5.32 Å². The lowest BCUT2D eigenvalue weighted by Gasteiger charge is -2.21. The monoisotopic (exact) mass is 389 g/mol. The fraction of sp³-hybridized carbons (Fsp3) is 0.545. The smallest absolute Gasteiger partial charge is 0.227 e. The summed E-state index contributed by atoms with van der Waals surface area (Å²) in [5.74, 6) is -0.251. The van der Waals surface area contributed by atoms with Gasteiger partial charge in [0.1, 0.15) is 5.82 Å². The Kier molecular flexibility index (Phi) is 5.71. The molecule has 1 heterocycles. The van der Waals surface area contributed by atoms with Crippen LogP contribution in [0.1, 0.15) is 74.5 Å². The third kappa shape index (κ3) is 4.40. The highest BCUT2D eigenvalue weighted by atomic mass is 32.1. The van der Waals surface area contributed by atoms with E-state index in [1.54, 1.807) is 6.07 Å². The molecule has 1 fully saturated rings. The van der Waals surface area contributed by atoms with Crippen molar-refractivity contribution in [3.63, 3.8) is 0 Å². The van der Waals surface area contributed by atoms with E-state index in [9.17, 15) is 14.0 Å². The molecule has 0 saturated heterocycles. The minimum Gasteiger partial charge on any atom is -0.356 e. The van der Waals surface area contributed by atoms with Crippen LogP contribution in [0.2, 0.25) is 0 Å². The molecule has 1 aromatic heterocycles. The van der Waals surface area contributed by atoms with Gasteiger partial charge in [0.2, 0.25) is 5.91 Å². The number of fused-ring (bicyclic) bond motifs is 1. The van der Waals surface area contributed by atoms with E-state index in [1.165, 1.54) is 23.5 Å². The normalized spacial score (nSPS) is 15.7. The zero-order valence-corrected chi connectivity index (χ0v) is 17.3. The predicted molar refractivity (Wildman–Crippen MR) is 109 cm³/mol. The number of Topliss-reactive ketones (excluding diaryl/α,β-unsaturated/α-hetero) is 1. The fourth-order valence-corrected chi connectivity index (χ4v) is 4.75. The third-order valence-corrected chi connectivity index (χ3v) is 6.24. The van der Waals surface area contributed by atoms with Crippen LogP contribution in [0.3, 0.4) is 0 Å². The molecule has 1 aliphatic rings. The molecule has 1 unspecified atom stereocenters. The SMILES string of the molecule is CCCNC(=O)C(CC1CC1)c1c(C(=O)C(C)(C)C)sc2ccc(F)cc12. The van der Waals surface area contributed by atoms with Gasteiger partial charge in [-0.2, -0.15) is 0 Å². The van der Waals surface area contributed by atoms with Crippen LogP contribution in [-0.4, -0.2) is 18.2 Å². The van der Waals surface area contributed by atoms with Gasteiger partial charge in [0.15, 0.2) is 5.78 Å². The molecule has 146 valence electrons. The molecule has 1 aliphatic carbocycles. The van der Waals surface area contributed by atoms with Crippen molar-refractivity contribution in [1.29, 1.82) is 0 Å². The van der Waals surface area contributed by atoms with Crippen molar-refractivity contribution in [1.82, 2.24) is 5.32 Å². The molecular formula is C22H28FNO2S. The summed E-state index contributed by atoms with van der Waals surface area (Å²) >= 11 is 1.39. The molecule has 27 heavy (non-hydrogen) atoms. The molecule has 3 rings (SSSR count). The molecule has 1 atom stereocenters. The topological polar surface area (TPSA) is 46.2 Å². The van der Waals surface area contributed by atoms with E-state index in [4.69, 9.17) is 0 Å². The van der Waals surface area contributed by atoms with Crippen LogP contribution in [0.4, 0.5) is 4.39 Å². The lowest BCUT2D eigenvalue weighted by atomic mass is 9.83. The van der Waals surface area contributed by atoms with Gasteiger partial charge in [-0.15, -0.1) is 11.3 Å². The molecule has 1 amide bonds. The standard InChI is InChI=1S/C22H28FNO2S/c1-5-10-24-21(26)16(11-13-6-7-13)18-15-12-14(23)8-9-17(15)27-19(18)20(25)22(2,3)4/h8-9,12-13,16H,5-7,10-11H2,1-4H3,(H,24,26). The lowest BCUT2D eigenvalue weighted by Crippen LogP contribution is -2.31. The third-order valence-electron chi connectivity index (χ3n) is 5.06. The van der Waals surface area contributed by atoms with Crippen LogP contribution < -0.4 is 5.32 Å². The van der Waals surface area contributed by atoms with Gasteiger partial charge in [0.05, 0.1) is 10.8 Å². The number of hydrogen-bond donors (Lipinski definition) is 1. The molecule has 0 bridgehead atoms. The van der Waals surface area contributed by atoms with Crippen LogP contribution in [0, 0.1) is 17.2 Å². The van der Waals surface area contributed by atoms with Crippen LogP contribution in [0.5, 0.6) is 0 Å². The van der Waals surface area contributed by atoms with E-state index in [1.807, 2.05) is 27.7 Å². The first-order valence-electron chi connectivity index (χ1n) is 9.76. The highest BCUT2D eigenvalue weighted by Gasteiger charge is 2.37. The summed E-state index contributed by atoms with van der Waals surface area (Å²) in [6.07, 6.45) is 3.82. The maximum atomic E-state index is 14.0. The Morgan fingerprint density at radius 1 is 1.30 bits per heavy atom. The van der Waals surface area contributed by atoms with Gasteiger partial charge < -0.3 is 5.32 Å². The summed E-state index contributed by atoms with van der Waals surface area (Å²) in [5, 5.41) is 3.71. The summed E-state index contributed by atoms with van der Waals surface area (Å²) in [4.78, 5) is 26.8. The molecule has 1 saturated carbocycles. The molecule has 5 heteroatoms. The predicted octanol–water partition coefficient (Wildman–Crippen LogP) is 5.68. The number of amides is 1. The number of hydrogen-bond acceptors (Lipinski definition) is 3. The first-order valence-corrected chi connectivity index (χ1v) is 10.6. The minimum absolute atomic E-state index is 0.0168. The zero-order valence-electron chi connectivity index (χ0n) is 16.5. The molecule has 0 radical (unpaired) electrons. The molecular weight excluding hydrogens is 361 g/mol. The largest absolute Gasteiger partial charge is 0.356 e. The van der Waals surface area contributed by atoms with Crippen LogP contribution in [0.25, 0.3) is 10.1 Å². The average Bonchev–Trinajstić information content (AvgIpc) is 3.35. The Balaban J connectivity index is 2.16. The fourth-order valence-electron chi connectivity index (χ4n) is 3.36. The van der Waals surface area contributed by atoms with Crippen molar-refractivity contribution in [2.45, 2.75) is 59.3 Å². The van der Waals surface area contributed by atoms with E-state index in [-0.39, 0.29) is 17.5 Å². The van der Waals surface area contributed by atoms with Crippen molar-refractivity contribution in [3.8, 4) is 0 Å². The summed E-state index contributed by atoms with van der Waals surface area (Å²) in [6.45, 7) is 8.28. The van der Waals surface area contributed by atoms with Crippen molar-refractivity contribution in [2.24, 2.45) is 11.3 Å². The highest BCUT2D eigenvalue weighted by molar-refractivity contribution is 7.21. The average molecular weight is 390 g/mol.